The summed E-state index contributed by atoms with van der Waals surface area (Å²) in [6.45, 7) is 0. The fraction of sp³-hybridized carbons (Fsp3) is 0.625. The number of rotatable bonds is 2. The number of nitrogen functional groups attached to an aromatic ring is 1. The molecule has 0 aliphatic heterocycles. The van der Waals surface area contributed by atoms with Crippen LogP contribution < -0.4 is 11.1 Å². The number of nitrogens with zero attached hydrogens (tertiary/aromatic N) is 1. The van der Waals surface area contributed by atoms with Crippen molar-refractivity contribution in [3.05, 3.63) is 24.0 Å². The molecule has 3 aliphatic rings. The molecule has 21 heavy (non-hydrogen) atoms. The van der Waals surface area contributed by atoms with Crippen LogP contribution in [-0.2, 0) is 0 Å². The first-order chi connectivity index (χ1) is 9.72. The molecule has 5 unspecified atom stereocenters. The first-order valence-electron chi connectivity index (χ1n) is 7.75. The summed E-state index contributed by atoms with van der Waals surface area (Å²) in [6, 6.07) is 3.80. The van der Waals surface area contributed by atoms with Crippen LogP contribution in [0.4, 0.5) is 5.69 Å². The molecule has 1 aromatic rings. The number of nitrogens with one attached hydrogen (secondary N) is 1. The average molecular weight is 308 g/mol. The summed E-state index contributed by atoms with van der Waals surface area (Å²) < 4.78 is 0. The molecule has 5 atom stereocenters. The maximum Gasteiger partial charge on any atom is 0.270 e. The highest BCUT2D eigenvalue weighted by Gasteiger charge is 2.54. The minimum Gasteiger partial charge on any atom is -0.397 e. The summed E-state index contributed by atoms with van der Waals surface area (Å²) >= 11 is 0. The zero-order valence-corrected chi connectivity index (χ0v) is 12.8. The van der Waals surface area contributed by atoms with Crippen molar-refractivity contribution in [1.29, 1.82) is 0 Å². The van der Waals surface area contributed by atoms with Gasteiger partial charge in [-0.1, -0.05) is 6.42 Å². The SMILES string of the molecule is Cl.Nc1ccc(C(=O)NC2CC3CC2C2CCCC32)nc1. The average Bonchev–Trinajstić information content (AvgIpc) is 3.11. The van der Waals surface area contributed by atoms with Crippen molar-refractivity contribution in [3.8, 4) is 0 Å². The lowest BCUT2D eigenvalue weighted by Gasteiger charge is -2.32. The van der Waals surface area contributed by atoms with Crippen molar-refractivity contribution in [2.45, 2.75) is 38.1 Å². The zero-order chi connectivity index (χ0) is 13.7. The Bertz CT molecular complexity index is 533. The van der Waals surface area contributed by atoms with Crippen LogP contribution in [0.15, 0.2) is 18.3 Å². The number of halogens is 1. The van der Waals surface area contributed by atoms with E-state index in [4.69, 9.17) is 5.73 Å². The number of carbonyl (C=O) groups excluding carboxylic acids is 1. The van der Waals surface area contributed by atoms with Gasteiger partial charge in [0.1, 0.15) is 5.69 Å². The van der Waals surface area contributed by atoms with E-state index in [2.05, 4.69) is 10.3 Å². The van der Waals surface area contributed by atoms with Gasteiger partial charge in [0.2, 0.25) is 0 Å². The Balaban J connectivity index is 0.00000132. The van der Waals surface area contributed by atoms with Gasteiger partial charge in [-0.15, -0.1) is 12.4 Å². The zero-order valence-electron chi connectivity index (χ0n) is 12.0. The van der Waals surface area contributed by atoms with Crippen LogP contribution >= 0.6 is 12.4 Å². The summed E-state index contributed by atoms with van der Waals surface area (Å²) in [7, 11) is 0. The summed E-state index contributed by atoms with van der Waals surface area (Å²) in [5.41, 5.74) is 6.67. The molecule has 3 N–H and O–H groups in total. The van der Waals surface area contributed by atoms with Crippen LogP contribution in [0.2, 0.25) is 0 Å². The molecular weight excluding hydrogens is 286 g/mol. The smallest absolute Gasteiger partial charge is 0.270 e. The number of aromatic nitrogens is 1. The normalized spacial score (nSPS) is 36.1. The summed E-state index contributed by atoms with van der Waals surface area (Å²) in [5.74, 6) is 3.36. The largest absolute Gasteiger partial charge is 0.397 e. The Morgan fingerprint density at radius 2 is 2.00 bits per heavy atom. The van der Waals surface area contributed by atoms with Crippen LogP contribution in [0.1, 0.15) is 42.6 Å². The molecule has 1 amide bonds. The molecule has 0 radical (unpaired) electrons. The maximum atomic E-state index is 12.3. The van der Waals surface area contributed by atoms with Gasteiger partial charge in [-0.2, -0.15) is 0 Å². The van der Waals surface area contributed by atoms with Crippen molar-refractivity contribution in [2.24, 2.45) is 23.7 Å². The standard InChI is InChI=1S/C16H21N3O.ClH/c17-10-4-5-14(18-8-10)16(20)19-15-7-9-6-13(15)12-3-1-2-11(9)12;/h4-5,8-9,11-13,15H,1-3,6-7,17H2,(H,19,20);1H. The molecule has 1 heterocycles. The lowest BCUT2D eigenvalue weighted by atomic mass is 9.79. The highest BCUT2D eigenvalue weighted by atomic mass is 35.5. The minimum atomic E-state index is -0.0444. The summed E-state index contributed by atoms with van der Waals surface area (Å²) in [5, 5.41) is 3.22. The Morgan fingerprint density at radius 3 is 2.76 bits per heavy atom. The second-order valence-corrected chi connectivity index (χ2v) is 6.71. The Labute approximate surface area is 131 Å². The topological polar surface area (TPSA) is 68.0 Å². The van der Waals surface area contributed by atoms with Gasteiger partial charge in [-0.3, -0.25) is 4.79 Å². The van der Waals surface area contributed by atoms with Crippen molar-refractivity contribution in [2.75, 3.05) is 5.73 Å². The van der Waals surface area contributed by atoms with Crippen LogP contribution in [-0.4, -0.2) is 16.9 Å². The summed E-state index contributed by atoms with van der Waals surface area (Å²) in [6.07, 6.45) is 8.23. The third-order valence-corrected chi connectivity index (χ3v) is 5.76. The quantitative estimate of drug-likeness (QED) is 0.882. The molecule has 3 aliphatic carbocycles. The van der Waals surface area contributed by atoms with Crippen molar-refractivity contribution < 1.29 is 4.79 Å². The highest BCUT2D eigenvalue weighted by Crippen LogP contribution is 2.58. The molecule has 0 aromatic carbocycles. The fourth-order valence-electron chi connectivity index (χ4n) is 5.02. The van der Waals surface area contributed by atoms with E-state index in [0.717, 1.165) is 17.8 Å². The molecule has 2 bridgehead atoms. The van der Waals surface area contributed by atoms with Crippen LogP contribution in [0.5, 0.6) is 0 Å². The number of pyridine rings is 1. The number of carbonyl (C=O) groups is 1. The van der Waals surface area contributed by atoms with E-state index in [0.29, 0.717) is 23.3 Å². The van der Waals surface area contributed by atoms with E-state index >= 15 is 0 Å². The van der Waals surface area contributed by atoms with Gasteiger partial charge in [0.05, 0.1) is 11.9 Å². The van der Waals surface area contributed by atoms with Gasteiger partial charge in [-0.25, -0.2) is 4.98 Å². The number of hydrogen-bond donors (Lipinski definition) is 2. The molecule has 1 aromatic heterocycles. The molecule has 114 valence electrons. The molecule has 4 rings (SSSR count). The van der Waals surface area contributed by atoms with E-state index < -0.39 is 0 Å². The van der Waals surface area contributed by atoms with Gasteiger partial charge in [0.25, 0.3) is 5.91 Å². The van der Waals surface area contributed by atoms with Crippen molar-refractivity contribution in [1.82, 2.24) is 10.3 Å². The minimum absolute atomic E-state index is 0. The lowest BCUT2D eigenvalue weighted by Crippen LogP contribution is -2.42. The first kappa shape index (κ1) is 14.6. The molecule has 3 saturated carbocycles. The third kappa shape index (κ3) is 2.39. The first-order valence-corrected chi connectivity index (χ1v) is 7.75. The Morgan fingerprint density at radius 1 is 1.19 bits per heavy atom. The number of anilines is 1. The van der Waals surface area contributed by atoms with Gasteiger partial charge < -0.3 is 11.1 Å². The molecular formula is C16H22ClN3O. The van der Waals surface area contributed by atoms with Crippen molar-refractivity contribution in [3.63, 3.8) is 0 Å². The van der Waals surface area contributed by atoms with Gasteiger partial charge in [0, 0.05) is 6.04 Å². The number of nitrogens with two attached hydrogens (primary N) is 1. The number of fused-ring (bicyclic) bond motifs is 5. The van der Waals surface area contributed by atoms with Crippen molar-refractivity contribution >= 4 is 24.0 Å². The number of amides is 1. The predicted octanol–water partition coefficient (Wildman–Crippen LogP) is 2.64. The molecule has 3 fully saturated rings. The molecule has 0 saturated heterocycles. The molecule has 4 nitrogen and oxygen atoms in total. The van der Waals surface area contributed by atoms with E-state index in [1.807, 2.05) is 0 Å². The predicted molar refractivity (Wildman–Crippen MR) is 84.2 cm³/mol. The molecule has 5 heteroatoms. The Kier molecular flexibility index (Phi) is 3.82. The van der Waals surface area contributed by atoms with E-state index in [1.54, 1.807) is 18.3 Å². The maximum absolute atomic E-state index is 12.3. The molecule has 0 spiro atoms. The highest BCUT2D eigenvalue weighted by molar-refractivity contribution is 5.92. The van der Waals surface area contributed by atoms with Gasteiger partial charge in [-0.05, 0) is 61.5 Å². The number of hydrogen-bond acceptors (Lipinski definition) is 3. The third-order valence-electron chi connectivity index (χ3n) is 5.76. The Hall–Kier alpha value is -1.29. The van der Waals surface area contributed by atoms with E-state index in [1.165, 1.54) is 32.1 Å². The monoisotopic (exact) mass is 307 g/mol. The second kappa shape index (κ2) is 5.48. The van der Waals surface area contributed by atoms with Gasteiger partial charge >= 0.3 is 0 Å². The van der Waals surface area contributed by atoms with Crippen LogP contribution in [0.25, 0.3) is 0 Å². The van der Waals surface area contributed by atoms with Crippen LogP contribution in [0.3, 0.4) is 0 Å². The lowest BCUT2D eigenvalue weighted by molar-refractivity contribution is 0.0896. The fourth-order valence-corrected chi connectivity index (χ4v) is 5.02. The van der Waals surface area contributed by atoms with Crippen LogP contribution in [0, 0.1) is 23.7 Å². The van der Waals surface area contributed by atoms with E-state index in [-0.39, 0.29) is 18.3 Å². The van der Waals surface area contributed by atoms with E-state index in [9.17, 15) is 4.79 Å². The second-order valence-electron chi connectivity index (χ2n) is 6.71. The van der Waals surface area contributed by atoms with Gasteiger partial charge in [0.15, 0.2) is 0 Å². The summed E-state index contributed by atoms with van der Waals surface area (Å²) in [4.78, 5) is 16.4.